The van der Waals surface area contributed by atoms with Crippen LogP contribution in [-0.4, -0.2) is 38.7 Å². The molecule has 0 radical (unpaired) electrons. The molecule has 1 aliphatic heterocycles. The number of aromatic nitrogens is 4. The number of nitrogens with zero attached hydrogens (tertiary/aromatic N) is 4. The maximum atomic E-state index is 12.9. The van der Waals surface area contributed by atoms with E-state index in [2.05, 4.69) is 37.3 Å². The van der Waals surface area contributed by atoms with Gasteiger partial charge in [-0.25, -0.2) is 4.98 Å². The molecule has 4 aromatic rings. The van der Waals surface area contributed by atoms with Gasteiger partial charge < -0.3 is 16.0 Å². The number of carbonyl (C=O) groups is 1. The highest BCUT2D eigenvalue weighted by Crippen LogP contribution is 2.31. The predicted octanol–water partition coefficient (Wildman–Crippen LogP) is 3.83. The first kappa shape index (κ1) is 21.9. The summed E-state index contributed by atoms with van der Waals surface area (Å²) < 4.78 is 0. The third kappa shape index (κ3) is 4.44. The summed E-state index contributed by atoms with van der Waals surface area (Å²) in [4.78, 5) is 24.1. The molecule has 1 fully saturated rings. The number of hydrogen-bond acceptors (Lipinski definition) is 6. The topological polar surface area (TPSA) is 113 Å². The number of nitrogen functional groups attached to an aromatic ring is 1. The Kier molecular flexibility index (Phi) is 5.88. The van der Waals surface area contributed by atoms with Crippen LogP contribution in [-0.2, 0) is 11.3 Å². The van der Waals surface area contributed by atoms with Crippen LogP contribution in [0.1, 0.15) is 31.0 Å². The van der Waals surface area contributed by atoms with E-state index in [-0.39, 0.29) is 23.8 Å². The van der Waals surface area contributed by atoms with E-state index in [1.807, 2.05) is 61.5 Å². The van der Waals surface area contributed by atoms with Crippen LogP contribution in [0, 0.1) is 12.8 Å². The first-order chi connectivity index (χ1) is 16.5. The van der Waals surface area contributed by atoms with Gasteiger partial charge in [-0.05, 0) is 38.3 Å². The normalized spacial score (nSPS) is 18.2. The molecule has 0 bridgehead atoms. The maximum absolute atomic E-state index is 12.9. The second kappa shape index (κ2) is 9.13. The highest BCUT2D eigenvalue weighted by molar-refractivity contribution is 5.86. The molecule has 0 saturated carbocycles. The lowest BCUT2D eigenvalue weighted by Crippen LogP contribution is -2.47. The number of hydrogen-bond donors (Lipinski definition) is 3. The summed E-state index contributed by atoms with van der Waals surface area (Å²) >= 11 is 0. The third-order valence-corrected chi connectivity index (χ3v) is 6.63. The van der Waals surface area contributed by atoms with Crippen molar-refractivity contribution in [3.63, 3.8) is 0 Å². The Morgan fingerprint density at radius 3 is 2.79 bits per heavy atom. The fourth-order valence-corrected chi connectivity index (χ4v) is 4.62. The number of piperidine rings is 1. The van der Waals surface area contributed by atoms with Gasteiger partial charge in [0.1, 0.15) is 5.82 Å². The number of anilines is 2. The summed E-state index contributed by atoms with van der Waals surface area (Å²) in [5.74, 6) is 0.924. The Labute approximate surface area is 198 Å². The lowest BCUT2D eigenvalue weighted by atomic mass is 9.92. The van der Waals surface area contributed by atoms with Crippen LogP contribution in [0.3, 0.4) is 0 Å². The number of benzene rings is 2. The molecule has 1 aliphatic rings. The molecule has 4 N–H and O–H groups in total. The minimum atomic E-state index is -0.108. The van der Waals surface area contributed by atoms with E-state index in [1.54, 1.807) is 0 Å². The Hall–Kier alpha value is -3.94. The van der Waals surface area contributed by atoms with Gasteiger partial charge in [-0.1, -0.05) is 42.5 Å². The van der Waals surface area contributed by atoms with Crippen LogP contribution in [0.25, 0.3) is 22.2 Å². The second-order valence-electron chi connectivity index (χ2n) is 9.03. The lowest BCUT2D eigenvalue weighted by Gasteiger charge is -2.38. The van der Waals surface area contributed by atoms with Gasteiger partial charge in [-0.15, -0.1) is 0 Å². The monoisotopic (exact) mass is 455 g/mol. The number of amides is 1. The van der Waals surface area contributed by atoms with Gasteiger partial charge in [0.2, 0.25) is 11.9 Å². The molecule has 34 heavy (non-hydrogen) atoms. The summed E-state index contributed by atoms with van der Waals surface area (Å²) in [6, 6.07) is 18.2. The van der Waals surface area contributed by atoms with Gasteiger partial charge in [0, 0.05) is 41.8 Å². The molecule has 0 aliphatic carbocycles. The Morgan fingerprint density at radius 1 is 1.15 bits per heavy atom. The van der Waals surface area contributed by atoms with E-state index in [4.69, 9.17) is 5.73 Å². The van der Waals surface area contributed by atoms with Gasteiger partial charge >= 0.3 is 0 Å². The number of rotatable bonds is 5. The number of fused-ring (bicyclic) bond motifs is 1. The molecule has 8 heteroatoms. The van der Waals surface area contributed by atoms with Gasteiger partial charge in [0.25, 0.3) is 0 Å². The van der Waals surface area contributed by atoms with E-state index in [1.165, 1.54) is 0 Å². The Morgan fingerprint density at radius 2 is 1.97 bits per heavy atom. The summed E-state index contributed by atoms with van der Waals surface area (Å²) in [5.41, 5.74) is 10.8. The van der Waals surface area contributed by atoms with E-state index < -0.39 is 0 Å². The Bertz CT molecular complexity index is 1320. The predicted molar refractivity (Wildman–Crippen MR) is 134 cm³/mol. The van der Waals surface area contributed by atoms with Gasteiger partial charge in [-0.3, -0.25) is 9.89 Å². The third-order valence-electron chi connectivity index (χ3n) is 6.63. The molecule has 1 amide bonds. The average molecular weight is 456 g/mol. The number of aryl methyl sites for hydroxylation is 1. The molecule has 2 unspecified atom stereocenters. The molecule has 3 heterocycles. The van der Waals surface area contributed by atoms with Crippen molar-refractivity contribution in [3.05, 3.63) is 65.9 Å². The number of H-pyrrole nitrogens is 1. The molecule has 2 aromatic carbocycles. The molecule has 8 nitrogen and oxygen atoms in total. The first-order valence-corrected chi connectivity index (χ1v) is 11.7. The lowest BCUT2D eigenvalue weighted by molar-refractivity contribution is -0.125. The van der Waals surface area contributed by atoms with Gasteiger partial charge in [-0.2, -0.15) is 10.1 Å². The molecule has 174 valence electrons. The van der Waals surface area contributed by atoms with E-state index >= 15 is 0 Å². The largest absolute Gasteiger partial charge is 0.368 e. The van der Waals surface area contributed by atoms with Crippen LogP contribution in [0.2, 0.25) is 0 Å². The van der Waals surface area contributed by atoms with E-state index in [0.29, 0.717) is 13.1 Å². The molecule has 2 aromatic heterocycles. The molecule has 1 saturated heterocycles. The molecule has 5 rings (SSSR count). The van der Waals surface area contributed by atoms with Crippen molar-refractivity contribution < 1.29 is 4.79 Å². The molecule has 2 atom stereocenters. The summed E-state index contributed by atoms with van der Waals surface area (Å²) in [6.07, 6.45) is 1.75. The quantitative estimate of drug-likeness (QED) is 0.422. The number of nitrogens with one attached hydrogen (secondary N) is 2. The van der Waals surface area contributed by atoms with Crippen molar-refractivity contribution in [1.29, 1.82) is 0 Å². The standard InChI is InChI=1S/C26H29N7O/c1-16-8-9-20(25(34)28-14-18-6-4-3-5-7-18)15-33(16)24-13-22(29-26(27)30-24)19-10-11-21-17(2)31-32-23(21)12-19/h3-7,10-13,16,20H,8-9,14-15H2,1-2H3,(H,28,34)(H,31,32)(H2,27,29,30). The van der Waals surface area contributed by atoms with Crippen molar-refractivity contribution in [1.82, 2.24) is 25.5 Å². The highest BCUT2D eigenvalue weighted by atomic mass is 16.1. The van der Waals surface area contributed by atoms with E-state index in [0.717, 1.165) is 52.1 Å². The minimum Gasteiger partial charge on any atom is -0.368 e. The van der Waals surface area contributed by atoms with Gasteiger partial charge in [0.05, 0.1) is 17.1 Å². The smallest absolute Gasteiger partial charge is 0.225 e. The van der Waals surface area contributed by atoms with Crippen LogP contribution in [0.5, 0.6) is 0 Å². The minimum absolute atomic E-state index is 0.0716. The number of aromatic amines is 1. The molecular formula is C26H29N7O. The van der Waals surface area contributed by atoms with Crippen LogP contribution < -0.4 is 16.0 Å². The fourth-order valence-electron chi connectivity index (χ4n) is 4.62. The van der Waals surface area contributed by atoms with Crippen molar-refractivity contribution in [2.24, 2.45) is 5.92 Å². The van der Waals surface area contributed by atoms with Crippen molar-refractivity contribution in [2.45, 2.75) is 39.3 Å². The zero-order chi connectivity index (χ0) is 23.7. The summed E-state index contributed by atoms with van der Waals surface area (Å²) in [5, 5.41) is 11.6. The van der Waals surface area contributed by atoms with Gasteiger partial charge in [0.15, 0.2) is 0 Å². The van der Waals surface area contributed by atoms with Crippen LogP contribution >= 0.6 is 0 Å². The van der Waals surface area contributed by atoms with Crippen LogP contribution in [0.15, 0.2) is 54.6 Å². The summed E-state index contributed by atoms with van der Waals surface area (Å²) in [7, 11) is 0. The molecule has 0 spiro atoms. The van der Waals surface area contributed by atoms with Crippen molar-refractivity contribution in [2.75, 3.05) is 17.2 Å². The first-order valence-electron chi connectivity index (χ1n) is 11.7. The second-order valence-corrected chi connectivity index (χ2v) is 9.03. The fraction of sp³-hybridized carbons (Fsp3) is 0.308. The van der Waals surface area contributed by atoms with Crippen molar-refractivity contribution >= 4 is 28.6 Å². The molecular weight excluding hydrogens is 426 g/mol. The van der Waals surface area contributed by atoms with Crippen LogP contribution in [0.4, 0.5) is 11.8 Å². The van der Waals surface area contributed by atoms with E-state index in [9.17, 15) is 4.79 Å². The zero-order valence-electron chi connectivity index (χ0n) is 19.5. The highest BCUT2D eigenvalue weighted by Gasteiger charge is 2.31. The maximum Gasteiger partial charge on any atom is 0.225 e. The van der Waals surface area contributed by atoms with Crippen molar-refractivity contribution in [3.8, 4) is 11.3 Å². The SMILES string of the molecule is Cc1[nH]nc2cc(-c3cc(N4CC(C(=O)NCc5ccccc5)CCC4C)nc(N)n3)ccc12. The summed E-state index contributed by atoms with van der Waals surface area (Å²) in [6.45, 7) is 5.29. The zero-order valence-corrected chi connectivity index (χ0v) is 19.5. The number of carbonyl (C=O) groups excluding carboxylic acids is 1. The average Bonchev–Trinajstić information content (AvgIpc) is 3.23. The Balaban J connectivity index is 1.36. The number of nitrogens with two attached hydrogens (primary N) is 1.